The van der Waals surface area contributed by atoms with Crippen LogP contribution in [0.2, 0.25) is 0 Å². The maximum Gasteiger partial charge on any atom is 0.408 e. The second kappa shape index (κ2) is 16.5. The number of ether oxygens (including phenoxy) is 1. The second-order valence-corrected chi connectivity index (χ2v) is 12.6. The number of unbranched alkanes of at least 4 members (excludes halogenated alkanes) is 3. The van der Waals surface area contributed by atoms with Crippen molar-refractivity contribution in [3.05, 3.63) is 94.5 Å². The van der Waals surface area contributed by atoms with Gasteiger partial charge in [-0.15, -0.1) is 6.42 Å². The fourth-order valence-electron chi connectivity index (χ4n) is 5.31. The van der Waals surface area contributed by atoms with E-state index in [1.165, 1.54) is 17.0 Å². The van der Waals surface area contributed by atoms with Gasteiger partial charge in [0.05, 0.1) is 0 Å². The molecule has 0 heterocycles. The van der Waals surface area contributed by atoms with Crippen molar-refractivity contribution in [2.75, 3.05) is 11.9 Å². The summed E-state index contributed by atoms with van der Waals surface area (Å²) in [6.45, 7) is 11.4. The van der Waals surface area contributed by atoms with Crippen molar-refractivity contribution in [3.8, 4) is 18.1 Å². The lowest BCUT2D eigenvalue weighted by atomic mass is 9.95. The number of para-hydroxylation sites is 1. The Morgan fingerprint density at radius 2 is 1.59 bits per heavy atom. The number of alkyl carbamates (subject to hydrolysis) is 1. The Morgan fingerprint density at radius 3 is 2.20 bits per heavy atom. The molecule has 244 valence electrons. The predicted molar refractivity (Wildman–Crippen MR) is 182 cm³/mol. The van der Waals surface area contributed by atoms with Crippen molar-refractivity contribution in [2.24, 2.45) is 0 Å². The van der Waals surface area contributed by atoms with Crippen molar-refractivity contribution in [3.63, 3.8) is 0 Å². The van der Waals surface area contributed by atoms with Crippen LogP contribution in [0.1, 0.15) is 87.2 Å². The van der Waals surface area contributed by atoms with Gasteiger partial charge in [-0.2, -0.15) is 0 Å². The Bertz CT molecular complexity index is 1510. The number of aryl methyl sites for hydroxylation is 2. The molecule has 3 rings (SSSR count). The summed E-state index contributed by atoms with van der Waals surface area (Å²) in [6, 6.07) is 17.1. The molecule has 0 aliphatic carbocycles. The zero-order chi connectivity index (χ0) is 33.9. The lowest BCUT2D eigenvalue weighted by Gasteiger charge is -2.35. The van der Waals surface area contributed by atoms with Crippen molar-refractivity contribution >= 4 is 23.6 Å². The van der Waals surface area contributed by atoms with Gasteiger partial charge in [-0.05, 0) is 81.5 Å². The molecule has 0 radical (unpaired) electrons. The molecular weight excluding hydrogens is 578 g/mol. The average Bonchev–Trinajstić information content (AvgIpc) is 3.00. The number of terminal acetylenes is 1. The molecule has 0 aliphatic heterocycles. The molecule has 3 aromatic carbocycles. The van der Waals surface area contributed by atoms with Crippen LogP contribution < -0.4 is 10.6 Å². The number of phenols is 1. The molecule has 0 aliphatic rings. The minimum absolute atomic E-state index is 0.0819. The molecule has 0 bridgehead atoms. The third-order valence-electron chi connectivity index (χ3n) is 7.60. The van der Waals surface area contributed by atoms with Gasteiger partial charge < -0.3 is 25.4 Å². The lowest BCUT2D eigenvalue weighted by Crippen LogP contribution is -2.53. The summed E-state index contributed by atoms with van der Waals surface area (Å²) in [5, 5.41) is 15.7. The van der Waals surface area contributed by atoms with E-state index >= 15 is 0 Å². The standard InChI is InChI=1S/C38H47N3O5/c1-8-10-11-14-24-41(36(44)32(39-37(45)46-38(5,6)7)25-28-20-22-30(42)23-21-28)34(31-19-13-12-18-29(31)9-2)35(43)40-33-26(3)16-15-17-27(33)4/h2,12-13,15-23,32,34,42H,8,10-11,14,24-25H2,1,3-7H3,(H,39,45)(H,40,43). The molecule has 0 saturated heterocycles. The largest absolute Gasteiger partial charge is 0.508 e. The van der Waals surface area contributed by atoms with Gasteiger partial charge in [-0.3, -0.25) is 9.59 Å². The zero-order valence-electron chi connectivity index (χ0n) is 27.9. The number of nitrogens with one attached hydrogen (secondary N) is 2. The number of hydrogen-bond acceptors (Lipinski definition) is 5. The van der Waals surface area contributed by atoms with E-state index in [4.69, 9.17) is 11.2 Å². The summed E-state index contributed by atoms with van der Waals surface area (Å²) >= 11 is 0. The first-order valence-corrected chi connectivity index (χ1v) is 15.8. The van der Waals surface area contributed by atoms with Crippen LogP contribution >= 0.6 is 0 Å². The van der Waals surface area contributed by atoms with E-state index in [1.807, 2.05) is 32.0 Å². The van der Waals surface area contributed by atoms with E-state index in [-0.39, 0.29) is 18.7 Å². The molecule has 3 N–H and O–H groups in total. The highest BCUT2D eigenvalue weighted by atomic mass is 16.6. The maximum absolute atomic E-state index is 14.8. The van der Waals surface area contributed by atoms with Gasteiger partial charge in [-0.1, -0.05) is 80.6 Å². The van der Waals surface area contributed by atoms with Gasteiger partial charge in [-0.25, -0.2) is 4.79 Å². The molecule has 8 nitrogen and oxygen atoms in total. The Balaban J connectivity index is 2.15. The molecule has 3 aromatic rings. The van der Waals surface area contributed by atoms with E-state index in [1.54, 1.807) is 57.2 Å². The summed E-state index contributed by atoms with van der Waals surface area (Å²) in [7, 11) is 0. The summed E-state index contributed by atoms with van der Waals surface area (Å²) < 4.78 is 5.54. The van der Waals surface area contributed by atoms with Crippen molar-refractivity contribution in [1.82, 2.24) is 10.2 Å². The Kier molecular flexibility index (Phi) is 12.8. The topological polar surface area (TPSA) is 108 Å². The molecule has 0 saturated carbocycles. The molecule has 8 heteroatoms. The summed E-state index contributed by atoms with van der Waals surface area (Å²) in [5.41, 5.74) is 3.35. The molecule has 0 fully saturated rings. The number of phenolic OH excluding ortho intramolecular Hbond substituents is 1. The number of rotatable bonds is 13. The molecule has 46 heavy (non-hydrogen) atoms. The van der Waals surface area contributed by atoms with Gasteiger partial charge in [0.2, 0.25) is 5.91 Å². The van der Waals surface area contributed by atoms with E-state index < -0.39 is 35.6 Å². The van der Waals surface area contributed by atoms with E-state index in [2.05, 4.69) is 23.5 Å². The number of carbonyl (C=O) groups is 3. The SMILES string of the molecule is C#Cc1ccccc1C(C(=O)Nc1c(C)cccc1C)N(CCCCCC)C(=O)C(Cc1ccc(O)cc1)NC(=O)OC(C)(C)C. The van der Waals surface area contributed by atoms with Crippen LogP contribution in [0.25, 0.3) is 0 Å². The Hall–Kier alpha value is -4.77. The first-order valence-electron chi connectivity index (χ1n) is 15.8. The Labute approximate surface area is 273 Å². The van der Waals surface area contributed by atoms with Gasteiger partial charge in [0, 0.05) is 24.2 Å². The fraction of sp³-hybridized carbons (Fsp3) is 0.395. The molecule has 0 spiro atoms. The number of hydrogen-bond donors (Lipinski definition) is 3. The predicted octanol–water partition coefficient (Wildman–Crippen LogP) is 7.22. The highest BCUT2D eigenvalue weighted by Crippen LogP contribution is 2.30. The minimum Gasteiger partial charge on any atom is -0.508 e. The number of anilines is 1. The van der Waals surface area contributed by atoms with Gasteiger partial charge in [0.1, 0.15) is 23.4 Å². The summed E-state index contributed by atoms with van der Waals surface area (Å²) in [4.78, 5) is 43.8. The van der Waals surface area contributed by atoms with Crippen LogP contribution in [0.4, 0.5) is 10.5 Å². The van der Waals surface area contributed by atoms with Crippen LogP contribution in [0.5, 0.6) is 5.75 Å². The third kappa shape index (κ3) is 10.1. The van der Waals surface area contributed by atoms with Gasteiger partial charge in [0.25, 0.3) is 5.91 Å². The van der Waals surface area contributed by atoms with Crippen LogP contribution in [-0.4, -0.2) is 46.1 Å². The van der Waals surface area contributed by atoms with Crippen LogP contribution in [0.3, 0.4) is 0 Å². The zero-order valence-corrected chi connectivity index (χ0v) is 27.9. The van der Waals surface area contributed by atoms with E-state index in [0.29, 0.717) is 28.8 Å². The number of carbonyl (C=O) groups excluding carboxylic acids is 3. The molecular formula is C38H47N3O5. The maximum atomic E-state index is 14.8. The van der Waals surface area contributed by atoms with Crippen LogP contribution in [-0.2, 0) is 20.7 Å². The number of amides is 3. The fourth-order valence-corrected chi connectivity index (χ4v) is 5.31. The molecule has 3 amide bonds. The number of aromatic hydroxyl groups is 1. The minimum atomic E-state index is -1.09. The highest BCUT2D eigenvalue weighted by Gasteiger charge is 2.37. The molecule has 0 aromatic heterocycles. The van der Waals surface area contributed by atoms with Crippen LogP contribution in [0.15, 0.2) is 66.7 Å². The van der Waals surface area contributed by atoms with Crippen molar-refractivity contribution in [1.29, 1.82) is 0 Å². The Morgan fingerprint density at radius 1 is 0.935 bits per heavy atom. The monoisotopic (exact) mass is 625 g/mol. The smallest absolute Gasteiger partial charge is 0.408 e. The molecule has 2 unspecified atom stereocenters. The summed E-state index contributed by atoms with van der Waals surface area (Å²) in [6.07, 6.45) is 8.73. The van der Waals surface area contributed by atoms with Gasteiger partial charge >= 0.3 is 6.09 Å². The number of benzene rings is 3. The quantitative estimate of drug-likeness (QED) is 0.137. The second-order valence-electron chi connectivity index (χ2n) is 12.6. The lowest BCUT2D eigenvalue weighted by molar-refractivity contribution is -0.140. The normalized spacial score (nSPS) is 12.4. The first kappa shape index (κ1) is 35.7. The average molecular weight is 626 g/mol. The van der Waals surface area contributed by atoms with Crippen LogP contribution in [0, 0.1) is 26.2 Å². The van der Waals surface area contributed by atoms with Gasteiger partial charge in [0.15, 0.2) is 0 Å². The van der Waals surface area contributed by atoms with Crippen molar-refractivity contribution in [2.45, 2.75) is 91.3 Å². The van der Waals surface area contributed by atoms with Crippen molar-refractivity contribution < 1.29 is 24.2 Å². The summed E-state index contributed by atoms with van der Waals surface area (Å²) in [5.74, 6) is 1.90. The van der Waals surface area contributed by atoms with E-state index in [0.717, 1.165) is 30.4 Å². The third-order valence-corrected chi connectivity index (χ3v) is 7.60. The number of nitrogens with zero attached hydrogens (tertiary/aromatic N) is 1. The molecule has 2 atom stereocenters. The highest BCUT2D eigenvalue weighted by molar-refractivity contribution is 6.00. The van der Waals surface area contributed by atoms with E-state index in [9.17, 15) is 19.5 Å². The first-order chi connectivity index (χ1) is 21.8.